The molecule has 0 unspecified atom stereocenters. The zero-order chi connectivity index (χ0) is 32.3. The van der Waals surface area contributed by atoms with Crippen LogP contribution >= 0.6 is 0 Å². The molecular formula is C47H29NO. The van der Waals surface area contributed by atoms with Gasteiger partial charge >= 0.3 is 0 Å². The number of benzene rings is 8. The highest BCUT2D eigenvalue weighted by Gasteiger charge is 2.18. The zero-order valence-corrected chi connectivity index (χ0v) is 26.6. The van der Waals surface area contributed by atoms with E-state index in [9.17, 15) is 0 Å². The molecule has 228 valence electrons. The lowest BCUT2D eigenvalue weighted by molar-refractivity contribution is 0.673. The minimum Gasteiger partial charge on any atom is -0.455 e. The lowest BCUT2D eigenvalue weighted by Gasteiger charge is -2.18. The van der Waals surface area contributed by atoms with Gasteiger partial charge in [0.05, 0.1) is 5.69 Å². The van der Waals surface area contributed by atoms with Crippen molar-refractivity contribution in [2.24, 2.45) is 0 Å². The fraction of sp³-hybridized carbons (Fsp3) is 0. The standard InChI is InChI=1S/C47H29NO/c1-2-11-30(12-3-1)31-21-23-33(24-22-31)44-36-15-6-8-17-38(36)45(39-18-9-7-16-37(39)44)34-26-28-42(48-29-34)40-19-10-20-43-46(40)41-27-25-32-13-4-5-14-35(32)47(41)49-43/h1-29H. The number of aromatic nitrogens is 1. The predicted molar refractivity (Wildman–Crippen MR) is 206 cm³/mol. The Morgan fingerprint density at radius 1 is 0.367 bits per heavy atom. The molecule has 0 spiro atoms. The summed E-state index contributed by atoms with van der Waals surface area (Å²) in [5, 5.41) is 9.40. The maximum Gasteiger partial charge on any atom is 0.143 e. The molecule has 10 rings (SSSR count). The van der Waals surface area contributed by atoms with Crippen LogP contribution in [0.15, 0.2) is 180 Å². The molecule has 2 nitrogen and oxygen atoms in total. The van der Waals surface area contributed by atoms with Crippen LogP contribution in [-0.2, 0) is 0 Å². The van der Waals surface area contributed by atoms with Crippen LogP contribution in [0.25, 0.3) is 98.9 Å². The lowest BCUT2D eigenvalue weighted by Crippen LogP contribution is -1.92. The maximum atomic E-state index is 6.47. The van der Waals surface area contributed by atoms with Crippen molar-refractivity contribution in [2.45, 2.75) is 0 Å². The summed E-state index contributed by atoms with van der Waals surface area (Å²) in [6.45, 7) is 0. The van der Waals surface area contributed by atoms with Crippen molar-refractivity contribution < 1.29 is 4.42 Å². The van der Waals surface area contributed by atoms with Crippen molar-refractivity contribution in [2.75, 3.05) is 0 Å². The van der Waals surface area contributed by atoms with Gasteiger partial charge in [0.2, 0.25) is 0 Å². The van der Waals surface area contributed by atoms with Gasteiger partial charge in [-0.15, -0.1) is 0 Å². The molecule has 0 aliphatic carbocycles. The number of pyridine rings is 1. The van der Waals surface area contributed by atoms with Crippen LogP contribution < -0.4 is 0 Å². The minimum absolute atomic E-state index is 0.874. The van der Waals surface area contributed by atoms with Crippen molar-refractivity contribution in [1.29, 1.82) is 0 Å². The molecule has 0 amide bonds. The molecule has 0 saturated carbocycles. The summed E-state index contributed by atoms with van der Waals surface area (Å²) in [6.07, 6.45) is 2.04. The average Bonchev–Trinajstić information content (AvgIpc) is 3.57. The molecule has 49 heavy (non-hydrogen) atoms. The van der Waals surface area contributed by atoms with Gasteiger partial charge in [0, 0.05) is 33.5 Å². The second kappa shape index (κ2) is 11.0. The van der Waals surface area contributed by atoms with Crippen molar-refractivity contribution in [3.05, 3.63) is 176 Å². The molecule has 2 heteroatoms. The summed E-state index contributed by atoms with van der Waals surface area (Å²) < 4.78 is 6.47. The molecule has 0 fully saturated rings. The van der Waals surface area contributed by atoms with Crippen LogP contribution in [0.1, 0.15) is 0 Å². The highest BCUT2D eigenvalue weighted by molar-refractivity contribution is 6.22. The molecule has 8 aromatic carbocycles. The molecule has 2 heterocycles. The number of hydrogen-bond acceptors (Lipinski definition) is 2. The van der Waals surface area contributed by atoms with E-state index in [1.807, 2.05) is 6.20 Å². The Morgan fingerprint density at radius 3 is 1.61 bits per heavy atom. The number of hydrogen-bond donors (Lipinski definition) is 0. The van der Waals surface area contributed by atoms with Gasteiger partial charge in [0.25, 0.3) is 0 Å². The third-order valence-corrected chi connectivity index (χ3v) is 9.93. The first kappa shape index (κ1) is 27.6. The quantitative estimate of drug-likeness (QED) is 0.182. The number of nitrogens with zero attached hydrogens (tertiary/aromatic N) is 1. The second-order valence-electron chi connectivity index (χ2n) is 12.7. The molecule has 0 atom stereocenters. The van der Waals surface area contributed by atoms with Gasteiger partial charge in [-0.05, 0) is 72.9 Å². The SMILES string of the molecule is c1ccc(-c2ccc(-c3c4ccccc4c(-c4ccc(-c5cccc6oc7c8ccccc8ccc7c56)nc4)c4ccccc34)cc2)cc1. The average molecular weight is 624 g/mol. The first-order valence-corrected chi connectivity index (χ1v) is 16.7. The molecule has 0 saturated heterocycles. The van der Waals surface area contributed by atoms with E-state index in [0.717, 1.165) is 44.1 Å². The number of fused-ring (bicyclic) bond motifs is 7. The molecule has 0 radical (unpaired) electrons. The fourth-order valence-electron chi connectivity index (χ4n) is 7.68. The van der Waals surface area contributed by atoms with Gasteiger partial charge in [0.1, 0.15) is 11.2 Å². The molecule has 2 aromatic heterocycles. The molecule has 10 aromatic rings. The third kappa shape index (κ3) is 4.38. The Hall–Kier alpha value is -6.51. The molecule has 0 aliphatic rings. The summed E-state index contributed by atoms with van der Waals surface area (Å²) in [4.78, 5) is 5.12. The van der Waals surface area contributed by atoms with Crippen molar-refractivity contribution >= 4 is 54.3 Å². The van der Waals surface area contributed by atoms with E-state index in [-0.39, 0.29) is 0 Å². The summed E-state index contributed by atoms with van der Waals surface area (Å²) in [7, 11) is 0. The van der Waals surface area contributed by atoms with Crippen LogP contribution in [0, 0.1) is 0 Å². The Balaban J connectivity index is 1.13. The van der Waals surface area contributed by atoms with Crippen LogP contribution in [-0.4, -0.2) is 4.98 Å². The zero-order valence-electron chi connectivity index (χ0n) is 26.6. The first-order valence-electron chi connectivity index (χ1n) is 16.7. The van der Waals surface area contributed by atoms with Crippen molar-refractivity contribution in [3.63, 3.8) is 0 Å². The van der Waals surface area contributed by atoms with E-state index < -0.39 is 0 Å². The largest absolute Gasteiger partial charge is 0.455 e. The Morgan fingerprint density at radius 2 is 0.939 bits per heavy atom. The van der Waals surface area contributed by atoms with Crippen LogP contribution in [0.5, 0.6) is 0 Å². The van der Waals surface area contributed by atoms with Gasteiger partial charge in [-0.2, -0.15) is 0 Å². The highest BCUT2D eigenvalue weighted by Crippen LogP contribution is 2.44. The summed E-state index contributed by atoms with van der Waals surface area (Å²) >= 11 is 0. The molecular weight excluding hydrogens is 595 g/mol. The molecule has 0 N–H and O–H groups in total. The third-order valence-electron chi connectivity index (χ3n) is 9.93. The van der Waals surface area contributed by atoms with Gasteiger partial charge in [-0.25, -0.2) is 0 Å². The van der Waals surface area contributed by atoms with Crippen molar-refractivity contribution in [3.8, 4) is 44.6 Å². The van der Waals surface area contributed by atoms with E-state index in [0.29, 0.717) is 0 Å². The van der Waals surface area contributed by atoms with Crippen LogP contribution in [0.4, 0.5) is 0 Å². The van der Waals surface area contributed by atoms with E-state index in [1.54, 1.807) is 0 Å². The van der Waals surface area contributed by atoms with Gasteiger partial charge in [-0.3, -0.25) is 4.98 Å². The molecule has 0 aliphatic heterocycles. The van der Waals surface area contributed by atoms with E-state index in [4.69, 9.17) is 9.40 Å². The van der Waals surface area contributed by atoms with Crippen LogP contribution in [0.2, 0.25) is 0 Å². The van der Waals surface area contributed by atoms with E-state index in [2.05, 4.69) is 170 Å². The summed E-state index contributed by atoms with van der Waals surface area (Å²) in [5.41, 5.74) is 11.0. The van der Waals surface area contributed by atoms with E-state index >= 15 is 0 Å². The first-order chi connectivity index (χ1) is 24.3. The summed E-state index contributed by atoms with van der Waals surface area (Å²) in [6, 6.07) is 60.5. The highest BCUT2D eigenvalue weighted by atomic mass is 16.3. The Kier molecular flexibility index (Phi) is 6.22. The second-order valence-corrected chi connectivity index (χ2v) is 12.7. The smallest absolute Gasteiger partial charge is 0.143 e. The molecule has 0 bridgehead atoms. The fourth-order valence-corrected chi connectivity index (χ4v) is 7.68. The lowest BCUT2D eigenvalue weighted by atomic mass is 9.86. The Labute approximate surface area is 283 Å². The topological polar surface area (TPSA) is 26.0 Å². The number of furan rings is 1. The Bertz CT molecular complexity index is 2790. The van der Waals surface area contributed by atoms with Crippen LogP contribution in [0.3, 0.4) is 0 Å². The van der Waals surface area contributed by atoms with Crippen molar-refractivity contribution in [1.82, 2.24) is 4.98 Å². The monoisotopic (exact) mass is 623 g/mol. The summed E-state index contributed by atoms with van der Waals surface area (Å²) in [5.74, 6) is 0. The van der Waals surface area contributed by atoms with E-state index in [1.165, 1.54) is 54.7 Å². The predicted octanol–water partition coefficient (Wildman–Crippen LogP) is 13.1. The minimum atomic E-state index is 0.874. The van der Waals surface area contributed by atoms with Gasteiger partial charge < -0.3 is 4.42 Å². The normalized spacial score (nSPS) is 11.7. The number of rotatable bonds is 4. The maximum absolute atomic E-state index is 6.47. The van der Waals surface area contributed by atoms with Gasteiger partial charge in [0.15, 0.2) is 0 Å². The van der Waals surface area contributed by atoms with Gasteiger partial charge in [-0.1, -0.05) is 152 Å².